The molecule has 1 heterocycles. The fourth-order valence-corrected chi connectivity index (χ4v) is 4.66. The van der Waals surface area contributed by atoms with E-state index in [1.165, 1.54) is 18.1 Å². The van der Waals surface area contributed by atoms with Crippen LogP contribution < -0.4 is 20.9 Å². The Morgan fingerprint density at radius 3 is 2.53 bits per heavy atom. The summed E-state index contributed by atoms with van der Waals surface area (Å²) in [5, 5.41) is 19.8. The van der Waals surface area contributed by atoms with Gasteiger partial charge < -0.3 is 20.9 Å². The monoisotopic (exact) mass is 471 g/mol. The molecule has 1 aromatic heterocycles. The van der Waals surface area contributed by atoms with Gasteiger partial charge in [0.25, 0.3) is 0 Å². The van der Waals surface area contributed by atoms with E-state index in [0.717, 1.165) is 68.6 Å². The molecule has 1 saturated carbocycles. The van der Waals surface area contributed by atoms with E-state index in [4.69, 9.17) is 9.97 Å². The number of carbonyl (C=O) groups is 1. The molecule has 0 bridgehead atoms. The van der Waals surface area contributed by atoms with E-state index in [1.54, 1.807) is 0 Å². The number of nitrogens with one attached hydrogen (secondary N) is 3. The van der Waals surface area contributed by atoms with Crippen molar-refractivity contribution in [1.29, 1.82) is 0 Å². The van der Waals surface area contributed by atoms with Crippen molar-refractivity contribution in [2.75, 3.05) is 29.6 Å². The zero-order chi connectivity index (χ0) is 24.2. The third-order valence-corrected chi connectivity index (χ3v) is 6.38. The van der Waals surface area contributed by atoms with Crippen LogP contribution in [0.15, 0.2) is 18.2 Å². The highest BCUT2D eigenvalue weighted by molar-refractivity contribution is 5.89. The van der Waals surface area contributed by atoms with Crippen molar-refractivity contribution in [3.8, 4) is 0 Å². The van der Waals surface area contributed by atoms with Gasteiger partial charge in [-0.1, -0.05) is 0 Å². The number of carbonyl (C=O) groups excluding carboxylic acids is 1. The molecular formula is C23H30FN7O3. The van der Waals surface area contributed by atoms with Gasteiger partial charge >= 0.3 is 11.7 Å². The van der Waals surface area contributed by atoms with Crippen molar-refractivity contribution in [2.45, 2.75) is 63.5 Å². The van der Waals surface area contributed by atoms with E-state index in [0.29, 0.717) is 5.95 Å². The molecule has 0 saturated heterocycles. The molecule has 0 spiro atoms. The van der Waals surface area contributed by atoms with Crippen LogP contribution in [-0.2, 0) is 12.8 Å². The zero-order valence-corrected chi connectivity index (χ0v) is 19.4. The number of fused-ring (bicyclic) bond motifs is 1. The van der Waals surface area contributed by atoms with E-state index < -0.39 is 22.5 Å². The summed E-state index contributed by atoms with van der Waals surface area (Å²) in [6.45, 7) is 0. The van der Waals surface area contributed by atoms with Gasteiger partial charge in [-0.15, -0.1) is 0 Å². The lowest BCUT2D eigenvalue weighted by Gasteiger charge is -2.30. The largest absolute Gasteiger partial charge is 0.362 e. The lowest BCUT2D eigenvalue weighted by Crippen LogP contribution is -2.42. The molecule has 0 radical (unpaired) electrons. The molecule has 34 heavy (non-hydrogen) atoms. The number of amides is 2. The van der Waals surface area contributed by atoms with Gasteiger partial charge in [-0.05, 0) is 63.5 Å². The summed E-state index contributed by atoms with van der Waals surface area (Å²) in [6, 6.07) is 3.01. The van der Waals surface area contributed by atoms with Gasteiger partial charge in [0.15, 0.2) is 0 Å². The van der Waals surface area contributed by atoms with Crippen LogP contribution in [0.5, 0.6) is 0 Å². The number of nitro groups is 1. The van der Waals surface area contributed by atoms with E-state index in [9.17, 15) is 19.3 Å². The number of nitro benzene ring substituents is 1. The second-order valence-corrected chi connectivity index (χ2v) is 9.11. The topological polar surface area (TPSA) is 125 Å². The highest BCUT2D eigenvalue weighted by Crippen LogP contribution is 2.29. The predicted molar refractivity (Wildman–Crippen MR) is 128 cm³/mol. The van der Waals surface area contributed by atoms with Gasteiger partial charge in [0.2, 0.25) is 11.8 Å². The van der Waals surface area contributed by atoms with Gasteiger partial charge in [-0.25, -0.2) is 9.78 Å². The van der Waals surface area contributed by atoms with E-state index >= 15 is 0 Å². The quantitative estimate of drug-likeness (QED) is 0.429. The molecule has 1 fully saturated rings. The summed E-state index contributed by atoms with van der Waals surface area (Å²) in [4.78, 5) is 34.0. The fraction of sp³-hybridized carbons (Fsp3) is 0.522. The number of nitrogens with zero attached hydrogens (tertiary/aromatic N) is 4. The van der Waals surface area contributed by atoms with Crippen molar-refractivity contribution >= 4 is 29.2 Å². The molecule has 11 heteroatoms. The molecule has 2 aliphatic rings. The summed E-state index contributed by atoms with van der Waals surface area (Å²) in [5.41, 5.74) is 1.89. The van der Waals surface area contributed by atoms with Crippen LogP contribution in [0, 0.1) is 15.9 Å². The van der Waals surface area contributed by atoms with Crippen molar-refractivity contribution in [3.63, 3.8) is 0 Å². The first kappa shape index (κ1) is 23.7. The minimum absolute atomic E-state index is 0.0183. The molecule has 2 amide bonds. The number of rotatable bonds is 6. The SMILES string of the molecule is CN(C)c1nc(NC2CCC(NC(=O)Nc3ccc(F)c([N+](=O)[O-])c3)CC2)nc2c1CCCC2. The van der Waals surface area contributed by atoms with Crippen molar-refractivity contribution in [1.82, 2.24) is 15.3 Å². The Bertz CT molecular complexity index is 1070. The number of halogens is 1. The number of anilines is 3. The molecule has 2 aliphatic carbocycles. The molecule has 0 atom stereocenters. The number of benzene rings is 1. The fourth-order valence-electron chi connectivity index (χ4n) is 4.66. The highest BCUT2D eigenvalue weighted by Gasteiger charge is 2.25. The maximum absolute atomic E-state index is 13.5. The van der Waals surface area contributed by atoms with E-state index in [-0.39, 0.29) is 17.8 Å². The van der Waals surface area contributed by atoms with Crippen LogP contribution in [-0.4, -0.2) is 47.1 Å². The Hall–Kier alpha value is -3.50. The summed E-state index contributed by atoms with van der Waals surface area (Å²) in [7, 11) is 4.01. The van der Waals surface area contributed by atoms with Gasteiger partial charge in [0.1, 0.15) is 5.82 Å². The molecule has 1 aromatic carbocycles. The Balaban J connectivity index is 1.30. The van der Waals surface area contributed by atoms with Crippen LogP contribution >= 0.6 is 0 Å². The van der Waals surface area contributed by atoms with Crippen LogP contribution in [0.3, 0.4) is 0 Å². The Kier molecular flexibility index (Phi) is 7.09. The molecule has 182 valence electrons. The third-order valence-electron chi connectivity index (χ3n) is 6.38. The lowest BCUT2D eigenvalue weighted by atomic mass is 9.91. The smallest absolute Gasteiger partial charge is 0.319 e. The second kappa shape index (κ2) is 10.2. The summed E-state index contributed by atoms with van der Waals surface area (Å²) < 4.78 is 13.5. The van der Waals surface area contributed by atoms with Crippen molar-refractivity contribution in [2.24, 2.45) is 0 Å². The summed E-state index contributed by atoms with van der Waals surface area (Å²) in [5.74, 6) is 0.707. The number of aromatic nitrogens is 2. The number of urea groups is 1. The minimum Gasteiger partial charge on any atom is -0.362 e. The average Bonchev–Trinajstić information content (AvgIpc) is 2.80. The van der Waals surface area contributed by atoms with E-state index in [2.05, 4.69) is 16.0 Å². The first-order valence-electron chi connectivity index (χ1n) is 11.6. The Morgan fingerprint density at radius 1 is 1.12 bits per heavy atom. The predicted octanol–water partition coefficient (Wildman–Crippen LogP) is 4.01. The van der Waals surface area contributed by atoms with Gasteiger partial charge in [-0.3, -0.25) is 10.1 Å². The number of hydrogen-bond acceptors (Lipinski definition) is 7. The second-order valence-electron chi connectivity index (χ2n) is 9.11. The zero-order valence-electron chi connectivity index (χ0n) is 19.4. The number of hydrogen-bond donors (Lipinski definition) is 3. The molecule has 0 unspecified atom stereocenters. The standard InChI is InChI=1S/C23H30FN7O3/c1-30(2)21-17-5-3-4-6-19(17)28-22(29-21)25-14-7-9-15(10-8-14)26-23(32)27-16-11-12-18(24)20(13-16)31(33)34/h11-15H,3-10H2,1-2H3,(H,25,28,29)(H2,26,27,32). The van der Waals surface area contributed by atoms with Crippen LogP contribution in [0.1, 0.15) is 49.8 Å². The Labute approximate surface area is 197 Å². The first-order valence-corrected chi connectivity index (χ1v) is 11.6. The van der Waals surface area contributed by atoms with Crippen molar-refractivity contribution < 1.29 is 14.1 Å². The molecule has 3 N–H and O–H groups in total. The van der Waals surface area contributed by atoms with Gasteiger partial charge in [-0.2, -0.15) is 9.37 Å². The maximum atomic E-state index is 13.5. The minimum atomic E-state index is -0.942. The highest BCUT2D eigenvalue weighted by atomic mass is 19.1. The van der Waals surface area contributed by atoms with Gasteiger partial charge in [0, 0.05) is 43.5 Å². The summed E-state index contributed by atoms with van der Waals surface area (Å²) >= 11 is 0. The van der Waals surface area contributed by atoms with Gasteiger partial charge in [0.05, 0.1) is 10.6 Å². The lowest BCUT2D eigenvalue weighted by molar-refractivity contribution is -0.387. The van der Waals surface area contributed by atoms with Crippen LogP contribution in [0.25, 0.3) is 0 Å². The van der Waals surface area contributed by atoms with Crippen molar-refractivity contribution in [3.05, 3.63) is 45.4 Å². The normalized spacial score (nSPS) is 19.6. The average molecular weight is 472 g/mol. The van der Waals surface area contributed by atoms with Crippen LogP contribution in [0.4, 0.5) is 32.3 Å². The molecule has 2 aromatic rings. The molecule has 4 rings (SSSR count). The Morgan fingerprint density at radius 2 is 1.82 bits per heavy atom. The molecule has 10 nitrogen and oxygen atoms in total. The number of aryl methyl sites for hydroxylation is 1. The van der Waals surface area contributed by atoms with Crippen LogP contribution in [0.2, 0.25) is 0 Å². The maximum Gasteiger partial charge on any atom is 0.319 e. The van der Waals surface area contributed by atoms with E-state index in [1.807, 2.05) is 19.0 Å². The molecular weight excluding hydrogens is 441 g/mol. The first-order chi connectivity index (χ1) is 16.3. The third kappa shape index (κ3) is 5.52. The molecule has 0 aliphatic heterocycles. The summed E-state index contributed by atoms with van der Waals surface area (Å²) in [6.07, 6.45) is 7.59.